The number of anilines is 1. The van der Waals surface area contributed by atoms with Crippen LogP contribution in [-0.2, 0) is 0 Å². The average Bonchev–Trinajstić information content (AvgIpc) is 3.48. The molecule has 1 aliphatic carbocycles. The Hall–Kier alpha value is -2.88. The van der Waals surface area contributed by atoms with Crippen molar-refractivity contribution in [3.8, 4) is 6.07 Å². The number of benzene rings is 1. The zero-order valence-corrected chi connectivity index (χ0v) is 17.3. The van der Waals surface area contributed by atoms with E-state index in [0.717, 1.165) is 38.2 Å². The van der Waals surface area contributed by atoms with Gasteiger partial charge < -0.3 is 14.6 Å². The molecule has 0 spiro atoms. The van der Waals surface area contributed by atoms with Gasteiger partial charge in [-0.3, -0.25) is 4.79 Å². The van der Waals surface area contributed by atoms with E-state index >= 15 is 4.39 Å². The normalized spacial score (nSPS) is 21.2. The lowest BCUT2D eigenvalue weighted by molar-refractivity contribution is 0.0695. The smallest absolute Gasteiger partial charge is 0.341 e. The second-order valence-electron chi connectivity index (χ2n) is 8.69. The first-order valence-electron chi connectivity index (χ1n) is 10.7. The highest BCUT2D eigenvalue weighted by atomic mass is 19.1. The molecule has 2 heterocycles. The van der Waals surface area contributed by atoms with E-state index < -0.39 is 17.2 Å². The number of aromatic carboxylic acids is 1. The molecule has 6 nitrogen and oxygen atoms in total. The maximum Gasteiger partial charge on any atom is 0.341 e. The van der Waals surface area contributed by atoms with Crippen LogP contribution in [0.25, 0.3) is 10.9 Å². The molecule has 0 unspecified atom stereocenters. The van der Waals surface area contributed by atoms with E-state index in [1.807, 2.05) is 4.90 Å². The second kappa shape index (κ2) is 7.75. The fourth-order valence-electron chi connectivity index (χ4n) is 4.75. The summed E-state index contributed by atoms with van der Waals surface area (Å²) in [7, 11) is 0. The van der Waals surface area contributed by atoms with Crippen molar-refractivity contribution in [2.45, 2.75) is 52.0 Å². The fourth-order valence-corrected chi connectivity index (χ4v) is 4.75. The number of unbranched alkanes of at least 4 members (excludes halogenated alkanes) is 1. The molecule has 7 heteroatoms. The highest BCUT2D eigenvalue weighted by molar-refractivity contribution is 5.96. The van der Waals surface area contributed by atoms with E-state index in [1.54, 1.807) is 4.57 Å². The van der Waals surface area contributed by atoms with Crippen LogP contribution in [0.1, 0.15) is 67.9 Å². The first kappa shape index (κ1) is 20.4. The molecule has 1 aromatic heterocycles. The number of hydrogen-bond acceptors (Lipinski definition) is 4. The molecule has 2 fully saturated rings. The summed E-state index contributed by atoms with van der Waals surface area (Å²) >= 11 is 0. The molecule has 1 saturated heterocycles. The van der Waals surface area contributed by atoms with Crippen molar-refractivity contribution < 1.29 is 14.3 Å². The number of carbonyl (C=O) groups is 1. The third kappa shape index (κ3) is 3.34. The van der Waals surface area contributed by atoms with E-state index in [9.17, 15) is 20.0 Å². The van der Waals surface area contributed by atoms with Crippen LogP contribution in [-0.4, -0.2) is 28.7 Å². The van der Waals surface area contributed by atoms with Gasteiger partial charge in [-0.1, -0.05) is 26.7 Å². The molecule has 158 valence electrons. The van der Waals surface area contributed by atoms with Crippen molar-refractivity contribution in [2.24, 2.45) is 11.8 Å². The molecule has 1 saturated carbocycles. The Balaban J connectivity index is 1.91. The molecule has 1 aliphatic heterocycles. The molecule has 1 N–H and O–H groups in total. The SMILES string of the molecule is CCCC[C@H]1CN(c2c(F)cc3c(=O)c(C(=O)O)cn(C4CC4)c3c2C#N)C[C@H]1C. The molecule has 4 rings (SSSR count). The van der Waals surface area contributed by atoms with Gasteiger partial charge in [-0.2, -0.15) is 5.26 Å². The van der Waals surface area contributed by atoms with Crippen LogP contribution < -0.4 is 10.3 Å². The Morgan fingerprint density at radius 1 is 1.37 bits per heavy atom. The number of halogens is 1. The minimum absolute atomic E-state index is 0.0330. The molecule has 0 amide bonds. The number of carboxylic acid groups (broad SMARTS) is 1. The number of nitriles is 1. The standard InChI is InChI=1S/C23H26FN3O3/c1-3-4-5-14-11-26(10-13(14)2)21-17(9-25)20-16(8-19(21)24)22(28)18(23(29)30)12-27(20)15-6-7-15/h8,12-15H,3-7,10-11H2,1-2H3,(H,29,30)/t13-,14+/m1/s1. The van der Waals surface area contributed by atoms with Gasteiger partial charge in [0.25, 0.3) is 0 Å². The van der Waals surface area contributed by atoms with Crippen molar-refractivity contribution >= 4 is 22.6 Å². The van der Waals surface area contributed by atoms with E-state index in [1.165, 1.54) is 6.20 Å². The Labute approximate surface area is 174 Å². The highest BCUT2D eigenvalue weighted by Gasteiger charge is 2.35. The summed E-state index contributed by atoms with van der Waals surface area (Å²) in [6.07, 6.45) is 6.30. The van der Waals surface area contributed by atoms with Gasteiger partial charge in [-0.15, -0.1) is 0 Å². The Morgan fingerprint density at radius 3 is 2.70 bits per heavy atom. The molecule has 30 heavy (non-hydrogen) atoms. The average molecular weight is 411 g/mol. The van der Waals surface area contributed by atoms with E-state index in [0.29, 0.717) is 30.4 Å². The third-order valence-electron chi connectivity index (χ3n) is 6.54. The molecule has 2 aromatic rings. The van der Waals surface area contributed by atoms with E-state index in [2.05, 4.69) is 19.9 Å². The van der Waals surface area contributed by atoms with E-state index in [-0.39, 0.29) is 28.2 Å². The summed E-state index contributed by atoms with van der Waals surface area (Å²) in [4.78, 5) is 26.2. The molecular formula is C23H26FN3O3. The predicted octanol–water partition coefficient (Wildman–Crippen LogP) is 4.31. The molecule has 0 bridgehead atoms. The predicted molar refractivity (Wildman–Crippen MR) is 113 cm³/mol. The van der Waals surface area contributed by atoms with Gasteiger partial charge >= 0.3 is 5.97 Å². The fraction of sp³-hybridized carbons (Fsp3) is 0.522. The maximum absolute atomic E-state index is 15.3. The molecule has 2 aliphatic rings. The zero-order valence-electron chi connectivity index (χ0n) is 17.3. The maximum atomic E-state index is 15.3. The van der Waals surface area contributed by atoms with Crippen LogP contribution in [0.3, 0.4) is 0 Å². The van der Waals surface area contributed by atoms with Gasteiger partial charge in [0.15, 0.2) is 0 Å². The topological polar surface area (TPSA) is 86.3 Å². The Morgan fingerprint density at radius 2 is 2.10 bits per heavy atom. The summed E-state index contributed by atoms with van der Waals surface area (Å²) in [6, 6.07) is 3.30. The molecule has 0 radical (unpaired) electrons. The van der Waals surface area contributed by atoms with Crippen LogP contribution in [0.2, 0.25) is 0 Å². The van der Waals surface area contributed by atoms with Crippen LogP contribution >= 0.6 is 0 Å². The summed E-state index contributed by atoms with van der Waals surface area (Å²) in [6.45, 7) is 5.65. The number of hydrogen-bond donors (Lipinski definition) is 1. The first-order valence-corrected chi connectivity index (χ1v) is 10.7. The monoisotopic (exact) mass is 411 g/mol. The van der Waals surface area contributed by atoms with Crippen molar-refractivity contribution in [3.05, 3.63) is 39.4 Å². The lowest BCUT2D eigenvalue weighted by atomic mass is 9.93. The Bertz CT molecular complexity index is 1110. The number of fused-ring (bicyclic) bond motifs is 1. The molecule has 2 atom stereocenters. The van der Waals surface area contributed by atoms with Crippen molar-refractivity contribution in [1.82, 2.24) is 4.57 Å². The van der Waals surface area contributed by atoms with Crippen molar-refractivity contribution in [2.75, 3.05) is 18.0 Å². The van der Waals surface area contributed by atoms with Crippen LogP contribution in [0.5, 0.6) is 0 Å². The number of nitrogens with zero attached hydrogens (tertiary/aromatic N) is 3. The molecular weight excluding hydrogens is 385 g/mol. The van der Waals surface area contributed by atoms with Gasteiger partial charge in [-0.25, -0.2) is 9.18 Å². The summed E-state index contributed by atoms with van der Waals surface area (Å²) in [5, 5.41) is 19.4. The van der Waals surface area contributed by atoms with Gasteiger partial charge in [0.05, 0.1) is 16.6 Å². The molecule has 1 aromatic carbocycles. The zero-order chi connectivity index (χ0) is 21.6. The van der Waals surface area contributed by atoms with Crippen LogP contribution in [0.4, 0.5) is 10.1 Å². The number of aromatic nitrogens is 1. The van der Waals surface area contributed by atoms with Crippen molar-refractivity contribution in [1.29, 1.82) is 5.26 Å². The van der Waals surface area contributed by atoms with Gasteiger partial charge in [-0.05, 0) is 37.2 Å². The quantitative estimate of drug-likeness (QED) is 0.766. The largest absolute Gasteiger partial charge is 0.477 e. The van der Waals surface area contributed by atoms with Gasteiger partial charge in [0, 0.05) is 25.3 Å². The van der Waals surface area contributed by atoms with Gasteiger partial charge in [0.2, 0.25) is 5.43 Å². The van der Waals surface area contributed by atoms with E-state index in [4.69, 9.17) is 0 Å². The third-order valence-corrected chi connectivity index (χ3v) is 6.54. The first-order chi connectivity index (χ1) is 14.4. The summed E-state index contributed by atoms with van der Waals surface area (Å²) in [5.41, 5.74) is -0.398. The summed E-state index contributed by atoms with van der Waals surface area (Å²) in [5.74, 6) is -1.15. The van der Waals surface area contributed by atoms with Crippen LogP contribution in [0.15, 0.2) is 17.1 Å². The number of pyridine rings is 1. The number of rotatable bonds is 6. The minimum atomic E-state index is -1.34. The summed E-state index contributed by atoms with van der Waals surface area (Å²) < 4.78 is 17.0. The lowest BCUT2D eigenvalue weighted by Gasteiger charge is -2.23. The Kier molecular flexibility index (Phi) is 5.27. The lowest BCUT2D eigenvalue weighted by Crippen LogP contribution is -2.25. The second-order valence-corrected chi connectivity index (χ2v) is 8.69. The minimum Gasteiger partial charge on any atom is -0.477 e. The van der Waals surface area contributed by atoms with Gasteiger partial charge in [0.1, 0.15) is 23.0 Å². The van der Waals surface area contributed by atoms with Crippen LogP contribution in [0, 0.1) is 29.0 Å². The van der Waals surface area contributed by atoms with Crippen molar-refractivity contribution in [3.63, 3.8) is 0 Å². The highest BCUT2D eigenvalue weighted by Crippen LogP contribution is 2.41. The number of carboxylic acids is 1.